The van der Waals surface area contributed by atoms with Gasteiger partial charge in [-0.1, -0.05) is 42.5 Å². The summed E-state index contributed by atoms with van der Waals surface area (Å²) >= 11 is 0. The summed E-state index contributed by atoms with van der Waals surface area (Å²) in [6, 6.07) is 21.9. The number of carbonyl (C=O) groups is 1. The standard InChI is InChI=1S/C28H31N3O3/c1-5-33-24-16-22-23(17-25(24)34-6-2)30-28(32)26(22)27(20-12-8-7-9-13-20)29-21-14-10-11-19(15-21)18-31(3)4/h7-17,29H,5-6,18H2,1-4H3,(H,30,32)/b27-26-. The van der Waals surface area contributed by atoms with Crippen molar-refractivity contribution in [1.82, 2.24) is 4.90 Å². The lowest BCUT2D eigenvalue weighted by molar-refractivity contribution is -0.110. The van der Waals surface area contributed by atoms with Crippen molar-refractivity contribution < 1.29 is 14.3 Å². The minimum Gasteiger partial charge on any atom is -0.490 e. The van der Waals surface area contributed by atoms with Crippen LogP contribution in [0.15, 0.2) is 66.7 Å². The number of rotatable bonds is 9. The lowest BCUT2D eigenvalue weighted by Crippen LogP contribution is -2.12. The van der Waals surface area contributed by atoms with Crippen molar-refractivity contribution in [2.45, 2.75) is 20.4 Å². The molecule has 6 heteroatoms. The lowest BCUT2D eigenvalue weighted by Gasteiger charge is -2.17. The van der Waals surface area contributed by atoms with Crippen LogP contribution >= 0.6 is 0 Å². The maximum Gasteiger partial charge on any atom is 0.258 e. The number of carbonyl (C=O) groups excluding carboxylic acids is 1. The Morgan fingerprint density at radius 1 is 0.912 bits per heavy atom. The van der Waals surface area contributed by atoms with Gasteiger partial charge in [0.1, 0.15) is 0 Å². The number of benzene rings is 3. The fourth-order valence-electron chi connectivity index (χ4n) is 4.10. The van der Waals surface area contributed by atoms with Gasteiger partial charge in [0, 0.05) is 23.9 Å². The molecule has 3 aromatic carbocycles. The summed E-state index contributed by atoms with van der Waals surface area (Å²) in [4.78, 5) is 15.4. The van der Waals surface area contributed by atoms with Gasteiger partial charge in [0.05, 0.1) is 30.2 Å². The van der Waals surface area contributed by atoms with Crippen LogP contribution in [0.25, 0.3) is 11.3 Å². The molecule has 0 aliphatic carbocycles. The molecule has 3 aromatic rings. The number of nitrogens with one attached hydrogen (secondary N) is 2. The average molecular weight is 458 g/mol. The first-order valence-corrected chi connectivity index (χ1v) is 11.6. The van der Waals surface area contributed by atoms with Crippen LogP contribution in [0.1, 0.15) is 30.5 Å². The van der Waals surface area contributed by atoms with E-state index in [1.54, 1.807) is 0 Å². The van der Waals surface area contributed by atoms with Gasteiger partial charge in [-0.3, -0.25) is 4.79 Å². The molecule has 0 atom stereocenters. The van der Waals surface area contributed by atoms with Crippen LogP contribution in [0.4, 0.5) is 11.4 Å². The molecule has 0 saturated heterocycles. The van der Waals surface area contributed by atoms with Gasteiger partial charge >= 0.3 is 0 Å². The summed E-state index contributed by atoms with van der Waals surface area (Å²) in [5.41, 5.74) is 5.84. The predicted octanol–water partition coefficient (Wildman–Crippen LogP) is 5.48. The van der Waals surface area contributed by atoms with Crippen LogP contribution in [0.2, 0.25) is 0 Å². The number of fused-ring (bicyclic) bond motifs is 1. The second-order valence-corrected chi connectivity index (χ2v) is 8.34. The molecule has 2 N–H and O–H groups in total. The second-order valence-electron chi connectivity index (χ2n) is 8.34. The van der Waals surface area contributed by atoms with Crippen LogP contribution in [0, 0.1) is 0 Å². The molecule has 4 rings (SSSR count). The summed E-state index contributed by atoms with van der Waals surface area (Å²) in [6.45, 7) is 5.70. The molecule has 34 heavy (non-hydrogen) atoms. The molecular formula is C28H31N3O3. The van der Waals surface area contributed by atoms with Gasteiger partial charge in [-0.25, -0.2) is 0 Å². The minimum absolute atomic E-state index is 0.165. The van der Waals surface area contributed by atoms with E-state index in [0.717, 1.165) is 29.1 Å². The normalized spacial score (nSPS) is 14.0. The number of hydrogen-bond acceptors (Lipinski definition) is 5. The summed E-state index contributed by atoms with van der Waals surface area (Å²) in [5, 5.41) is 6.55. The molecule has 1 aliphatic heterocycles. The zero-order valence-electron chi connectivity index (χ0n) is 20.1. The highest BCUT2D eigenvalue weighted by atomic mass is 16.5. The van der Waals surface area contributed by atoms with Crippen molar-refractivity contribution in [3.05, 3.63) is 83.4 Å². The Morgan fingerprint density at radius 3 is 2.29 bits per heavy atom. The van der Waals surface area contributed by atoms with Crippen molar-refractivity contribution in [1.29, 1.82) is 0 Å². The molecule has 1 aliphatic rings. The van der Waals surface area contributed by atoms with Crippen molar-refractivity contribution in [2.75, 3.05) is 37.9 Å². The van der Waals surface area contributed by atoms with Crippen LogP contribution in [0.3, 0.4) is 0 Å². The van der Waals surface area contributed by atoms with Crippen LogP contribution < -0.4 is 20.1 Å². The molecule has 1 heterocycles. The molecule has 6 nitrogen and oxygen atoms in total. The van der Waals surface area contributed by atoms with Gasteiger partial charge in [-0.05, 0) is 57.3 Å². The molecular weight excluding hydrogens is 426 g/mol. The first-order chi connectivity index (χ1) is 16.5. The topological polar surface area (TPSA) is 62.8 Å². The molecule has 1 amide bonds. The second kappa shape index (κ2) is 10.4. The minimum atomic E-state index is -0.165. The smallest absolute Gasteiger partial charge is 0.258 e. The van der Waals surface area contributed by atoms with Crippen molar-refractivity contribution >= 4 is 28.6 Å². The Balaban J connectivity index is 1.85. The predicted molar refractivity (Wildman–Crippen MR) is 138 cm³/mol. The molecule has 0 aromatic heterocycles. The van der Waals surface area contributed by atoms with Gasteiger partial charge in [0.25, 0.3) is 5.91 Å². The molecule has 0 unspecified atom stereocenters. The first-order valence-electron chi connectivity index (χ1n) is 11.6. The fourth-order valence-corrected chi connectivity index (χ4v) is 4.10. The highest BCUT2D eigenvalue weighted by Crippen LogP contribution is 2.43. The van der Waals surface area contributed by atoms with E-state index in [2.05, 4.69) is 27.7 Å². The van der Waals surface area contributed by atoms with E-state index in [9.17, 15) is 4.79 Å². The third-order valence-corrected chi connectivity index (χ3v) is 5.44. The van der Waals surface area contributed by atoms with Gasteiger partial charge in [0.15, 0.2) is 11.5 Å². The van der Waals surface area contributed by atoms with Gasteiger partial charge < -0.3 is 25.0 Å². The molecule has 176 valence electrons. The highest BCUT2D eigenvalue weighted by molar-refractivity contribution is 6.37. The Bertz CT molecular complexity index is 1200. The summed E-state index contributed by atoms with van der Waals surface area (Å²) in [5.74, 6) is 1.08. The van der Waals surface area contributed by atoms with E-state index >= 15 is 0 Å². The van der Waals surface area contributed by atoms with E-state index in [1.807, 2.05) is 82.5 Å². The first kappa shape index (κ1) is 23.4. The monoisotopic (exact) mass is 457 g/mol. The number of amides is 1. The van der Waals surface area contributed by atoms with Crippen molar-refractivity contribution in [2.24, 2.45) is 0 Å². The summed E-state index contributed by atoms with van der Waals surface area (Å²) in [7, 11) is 4.09. The number of hydrogen-bond donors (Lipinski definition) is 2. The molecule has 0 saturated carbocycles. The van der Waals surface area contributed by atoms with Crippen LogP contribution in [0.5, 0.6) is 11.5 Å². The molecule has 0 spiro atoms. The zero-order chi connectivity index (χ0) is 24.1. The summed E-state index contributed by atoms with van der Waals surface area (Å²) < 4.78 is 11.6. The number of anilines is 2. The van der Waals surface area contributed by atoms with Crippen molar-refractivity contribution in [3.8, 4) is 11.5 Å². The lowest BCUT2D eigenvalue weighted by atomic mass is 9.99. The van der Waals surface area contributed by atoms with Gasteiger partial charge in [-0.2, -0.15) is 0 Å². The average Bonchev–Trinajstić information content (AvgIpc) is 3.13. The number of nitrogens with zero attached hydrogens (tertiary/aromatic N) is 1. The van der Waals surface area contributed by atoms with Gasteiger partial charge in [0.2, 0.25) is 0 Å². The van der Waals surface area contributed by atoms with Crippen LogP contribution in [-0.4, -0.2) is 38.1 Å². The number of ether oxygens (including phenoxy) is 2. The maximum absolute atomic E-state index is 13.3. The SMILES string of the molecule is CCOc1cc2c(cc1OCC)/C(=C(/Nc1cccc(CN(C)C)c1)c1ccccc1)C(=O)N2. The van der Waals surface area contributed by atoms with E-state index < -0.39 is 0 Å². The van der Waals surface area contributed by atoms with E-state index in [0.29, 0.717) is 36.0 Å². The van der Waals surface area contributed by atoms with Gasteiger partial charge in [-0.15, -0.1) is 0 Å². The van der Waals surface area contributed by atoms with Crippen LogP contribution in [-0.2, 0) is 11.3 Å². The molecule has 0 radical (unpaired) electrons. The van der Waals surface area contributed by atoms with E-state index in [4.69, 9.17) is 9.47 Å². The molecule has 0 fully saturated rings. The highest BCUT2D eigenvalue weighted by Gasteiger charge is 2.30. The zero-order valence-corrected chi connectivity index (χ0v) is 20.1. The quantitative estimate of drug-likeness (QED) is 0.417. The fraction of sp³-hybridized carbons (Fsp3) is 0.250. The van der Waals surface area contributed by atoms with Crippen molar-refractivity contribution in [3.63, 3.8) is 0 Å². The Labute approximate surface area is 201 Å². The Hall–Kier alpha value is -3.77. The Kier molecular flexibility index (Phi) is 7.18. The van der Waals surface area contributed by atoms with E-state index in [1.165, 1.54) is 5.56 Å². The Morgan fingerprint density at radius 2 is 1.62 bits per heavy atom. The molecule has 0 bridgehead atoms. The largest absolute Gasteiger partial charge is 0.490 e. The third-order valence-electron chi connectivity index (χ3n) is 5.44. The van der Waals surface area contributed by atoms with E-state index in [-0.39, 0.29) is 5.91 Å². The maximum atomic E-state index is 13.3. The summed E-state index contributed by atoms with van der Waals surface area (Å²) in [6.07, 6.45) is 0. The third kappa shape index (κ3) is 5.07.